The van der Waals surface area contributed by atoms with Gasteiger partial charge in [-0.1, -0.05) is 19.9 Å². The zero-order valence-corrected chi connectivity index (χ0v) is 15.8. The minimum Gasteiger partial charge on any atom is -0.340 e. The minimum absolute atomic E-state index is 0. The number of amides is 1. The maximum absolute atomic E-state index is 12.4. The van der Waals surface area contributed by atoms with Crippen LogP contribution >= 0.6 is 36.2 Å². The summed E-state index contributed by atoms with van der Waals surface area (Å²) in [5, 5.41) is 0.755. The topological polar surface area (TPSA) is 72.1 Å². The van der Waals surface area contributed by atoms with E-state index >= 15 is 0 Å². The second kappa shape index (κ2) is 9.17. The van der Waals surface area contributed by atoms with Crippen molar-refractivity contribution in [2.75, 3.05) is 20.1 Å². The average Bonchev–Trinajstić information content (AvgIpc) is 2.96. The van der Waals surface area contributed by atoms with E-state index in [1.807, 2.05) is 32.0 Å². The maximum Gasteiger partial charge on any atom is 0.265 e. The maximum atomic E-state index is 12.4. The SMILES string of the molecule is CN(CC(C)(C)CN)C(=O)c1cnc(-c2ccccn2)s1.Cl.Cl. The van der Waals surface area contributed by atoms with Crippen LogP contribution in [0.5, 0.6) is 0 Å². The molecular formula is C15H22Cl2N4OS. The summed E-state index contributed by atoms with van der Waals surface area (Å²) in [5.41, 5.74) is 6.40. The van der Waals surface area contributed by atoms with E-state index in [1.54, 1.807) is 24.3 Å². The van der Waals surface area contributed by atoms with Gasteiger partial charge in [0.15, 0.2) is 0 Å². The Balaban J connectivity index is 0.00000242. The smallest absolute Gasteiger partial charge is 0.265 e. The van der Waals surface area contributed by atoms with Gasteiger partial charge in [-0.3, -0.25) is 9.78 Å². The van der Waals surface area contributed by atoms with Crippen molar-refractivity contribution in [2.45, 2.75) is 13.8 Å². The molecule has 1 amide bonds. The van der Waals surface area contributed by atoms with Crippen molar-refractivity contribution in [3.05, 3.63) is 35.5 Å². The molecule has 2 rings (SSSR count). The highest BCUT2D eigenvalue weighted by Gasteiger charge is 2.23. The number of pyridine rings is 1. The van der Waals surface area contributed by atoms with Gasteiger partial charge >= 0.3 is 0 Å². The second-order valence-corrected chi connectivity index (χ2v) is 6.80. The van der Waals surface area contributed by atoms with E-state index in [2.05, 4.69) is 9.97 Å². The van der Waals surface area contributed by atoms with Crippen molar-refractivity contribution in [3.8, 4) is 10.7 Å². The number of nitrogens with two attached hydrogens (primary N) is 1. The van der Waals surface area contributed by atoms with E-state index in [4.69, 9.17) is 5.73 Å². The van der Waals surface area contributed by atoms with E-state index in [-0.39, 0.29) is 36.1 Å². The highest BCUT2D eigenvalue weighted by atomic mass is 35.5. The number of halogens is 2. The molecule has 8 heteroatoms. The normalized spacial score (nSPS) is 10.4. The Morgan fingerprint density at radius 3 is 2.57 bits per heavy atom. The molecule has 128 valence electrons. The fourth-order valence-corrected chi connectivity index (χ4v) is 2.83. The highest BCUT2D eigenvalue weighted by molar-refractivity contribution is 7.16. The van der Waals surface area contributed by atoms with Crippen molar-refractivity contribution in [3.63, 3.8) is 0 Å². The average molecular weight is 377 g/mol. The summed E-state index contributed by atoms with van der Waals surface area (Å²) >= 11 is 1.36. The summed E-state index contributed by atoms with van der Waals surface area (Å²) in [6.07, 6.45) is 3.33. The fourth-order valence-electron chi connectivity index (χ4n) is 1.95. The summed E-state index contributed by atoms with van der Waals surface area (Å²) in [6, 6.07) is 5.64. The van der Waals surface area contributed by atoms with Gasteiger partial charge in [-0.2, -0.15) is 0 Å². The summed E-state index contributed by atoms with van der Waals surface area (Å²) in [7, 11) is 1.79. The van der Waals surface area contributed by atoms with E-state index in [9.17, 15) is 4.79 Å². The first-order valence-corrected chi connectivity index (χ1v) is 7.57. The summed E-state index contributed by atoms with van der Waals surface area (Å²) in [6.45, 7) is 5.23. The number of thiazole rings is 1. The molecule has 0 radical (unpaired) electrons. The van der Waals surface area contributed by atoms with Crippen LogP contribution in [0.1, 0.15) is 23.5 Å². The third kappa shape index (κ3) is 5.73. The lowest BCUT2D eigenvalue weighted by atomic mass is 9.93. The molecule has 0 unspecified atom stereocenters. The molecule has 0 spiro atoms. The standard InChI is InChI=1S/C15H20N4OS.2ClH/c1-15(2,9-16)10-19(3)14(20)12-8-18-13(21-12)11-6-4-5-7-17-11;;/h4-8H,9-10,16H2,1-3H3;2*1H. The Morgan fingerprint density at radius 2 is 2.00 bits per heavy atom. The summed E-state index contributed by atoms with van der Waals surface area (Å²) in [5.74, 6) is -0.0313. The molecule has 0 aliphatic heterocycles. The third-order valence-electron chi connectivity index (χ3n) is 3.16. The Morgan fingerprint density at radius 1 is 1.30 bits per heavy atom. The van der Waals surface area contributed by atoms with Crippen LogP contribution in [-0.2, 0) is 0 Å². The Kier molecular flexibility index (Phi) is 8.69. The van der Waals surface area contributed by atoms with E-state index in [0.29, 0.717) is 18.0 Å². The number of rotatable bonds is 5. The van der Waals surface area contributed by atoms with Crippen LogP contribution in [0.25, 0.3) is 10.7 Å². The van der Waals surface area contributed by atoms with Crippen LogP contribution in [0.15, 0.2) is 30.6 Å². The molecule has 0 aliphatic rings. The van der Waals surface area contributed by atoms with E-state index < -0.39 is 0 Å². The third-order valence-corrected chi connectivity index (χ3v) is 4.17. The Hall–Kier alpha value is -1.21. The number of carbonyl (C=O) groups excluding carboxylic acids is 1. The van der Waals surface area contributed by atoms with Crippen molar-refractivity contribution in [1.29, 1.82) is 0 Å². The molecule has 23 heavy (non-hydrogen) atoms. The van der Waals surface area contributed by atoms with Gasteiger partial charge in [0.25, 0.3) is 5.91 Å². The van der Waals surface area contributed by atoms with Crippen LogP contribution in [0.2, 0.25) is 0 Å². The number of aromatic nitrogens is 2. The Bertz CT molecular complexity index is 619. The molecule has 2 N–H and O–H groups in total. The zero-order valence-electron chi connectivity index (χ0n) is 13.4. The molecule has 0 atom stereocenters. The molecule has 0 bridgehead atoms. The van der Waals surface area contributed by atoms with Crippen molar-refractivity contribution >= 4 is 42.1 Å². The van der Waals surface area contributed by atoms with Gasteiger partial charge in [0.1, 0.15) is 9.88 Å². The van der Waals surface area contributed by atoms with Gasteiger partial charge < -0.3 is 10.6 Å². The molecule has 2 aromatic rings. The monoisotopic (exact) mass is 376 g/mol. The van der Waals surface area contributed by atoms with Crippen LogP contribution in [0.3, 0.4) is 0 Å². The molecule has 0 aliphatic carbocycles. The predicted octanol–water partition coefficient (Wildman–Crippen LogP) is 3.11. The first kappa shape index (κ1) is 21.8. The van der Waals surface area contributed by atoms with Crippen LogP contribution in [-0.4, -0.2) is 40.9 Å². The lowest BCUT2D eigenvalue weighted by Crippen LogP contribution is -2.39. The van der Waals surface area contributed by atoms with Gasteiger partial charge in [-0.25, -0.2) is 4.98 Å². The van der Waals surface area contributed by atoms with Gasteiger partial charge in [-0.15, -0.1) is 36.2 Å². The molecule has 2 heterocycles. The Labute approximate surface area is 153 Å². The molecular weight excluding hydrogens is 355 g/mol. The lowest BCUT2D eigenvalue weighted by Gasteiger charge is -2.28. The van der Waals surface area contributed by atoms with Gasteiger partial charge in [-0.05, 0) is 24.1 Å². The van der Waals surface area contributed by atoms with Gasteiger partial charge in [0, 0.05) is 19.8 Å². The first-order chi connectivity index (χ1) is 9.93. The molecule has 5 nitrogen and oxygen atoms in total. The van der Waals surface area contributed by atoms with Crippen LogP contribution < -0.4 is 5.73 Å². The first-order valence-electron chi connectivity index (χ1n) is 6.76. The van der Waals surface area contributed by atoms with Crippen molar-refractivity contribution in [2.24, 2.45) is 11.1 Å². The summed E-state index contributed by atoms with van der Waals surface area (Å²) in [4.78, 5) is 23.3. The minimum atomic E-state index is -0.0983. The molecule has 0 saturated carbocycles. The number of hydrogen-bond donors (Lipinski definition) is 1. The fraction of sp³-hybridized carbons (Fsp3) is 0.400. The number of hydrogen-bond acceptors (Lipinski definition) is 5. The van der Waals surface area contributed by atoms with Crippen molar-refractivity contribution < 1.29 is 4.79 Å². The molecule has 2 aromatic heterocycles. The van der Waals surface area contributed by atoms with E-state index in [1.165, 1.54) is 11.3 Å². The van der Waals surface area contributed by atoms with Gasteiger partial charge in [0.2, 0.25) is 0 Å². The lowest BCUT2D eigenvalue weighted by molar-refractivity contribution is 0.0745. The summed E-state index contributed by atoms with van der Waals surface area (Å²) < 4.78 is 0. The molecule has 0 fully saturated rings. The number of nitrogens with zero attached hydrogens (tertiary/aromatic N) is 3. The quantitative estimate of drug-likeness (QED) is 0.869. The van der Waals surface area contributed by atoms with Crippen molar-refractivity contribution in [1.82, 2.24) is 14.9 Å². The van der Waals surface area contributed by atoms with Gasteiger partial charge in [0.05, 0.1) is 11.9 Å². The van der Waals surface area contributed by atoms with Crippen LogP contribution in [0.4, 0.5) is 0 Å². The second-order valence-electron chi connectivity index (χ2n) is 5.77. The van der Waals surface area contributed by atoms with E-state index in [0.717, 1.165) is 10.7 Å². The predicted molar refractivity (Wildman–Crippen MR) is 99.6 cm³/mol. The number of carbonyl (C=O) groups is 1. The van der Waals surface area contributed by atoms with Crippen LogP contribution in [0, 0.1) is 5.41 Å². The highest BCUT2D eigenvalue weighted by Crippen LogP contribution is 2.24. The zero-order chi connectivity index (χ0) is 15.5. The molecule has 0 aromatic carbocycles. The largest absolute Gasteiger partial charge is 0.340 e. The molecule has 0 saturated heterocycles.